The minimum atomic E-state index is -0.783. The van der Waals surface area contributed by atoms with Crippen molar-refractivity contribution in [2.24, 2.45) is 0 Å². The first-order valence-corrected chi connectivity index (χ1v) is 6.78. The minimum absolute atomic E-state index is 0.00866. The number of halogens is 2. The lowest BCUT2D eigenvalue weighted by atomic mass is 9.75. The Morgan fingerprint density at radius 3 is 2.60 bits per heavy atom. The van der Waals surface area contributed by atoms with Gasteiger partial charge in [0.25, 0.3) is 5.69 Å². The van der Waals surface area contributed by atoms with Crippen molar-refractivity contribution in [1.82, 2.24) is 4.90 Å². The number of likely N-dealkylation sites (N-methyl/N-ethyl adjacent to an activating group) is 1. The number of nitrogens with one attached hydrogen (secondary N) is 1. The highest BCUT2D eigenvalue weighted by Crippen LogP contribution is 2.37. The second kappa shape index (κ2) is 5.54. The van der Waals surface area contributed by atoms with Gasteiger partial charge in [0, 0.05) is 12.1 Å². The molecule has 1 aliphatic carbocycles. The van der Waals surface area contributed by atoms with Crippen molar-refractivity contribution in [2.45, 2.75) is 24.8 Å². The molecule has 0 heterocycles. The molecule has 1 N–H and O–H groups in total. The molecule has 1 fully saturated rings. The smallest absolute Gasteiger partial charge is 0.295 e. The largest absolute Gasteiger partial charge is 0.378 e. The molecule has 2 rings (SSSR count). The number of nitro benzene ring substituents is 1. The van der Waals surface area contributed by atoms with Gasteiger partial charge in [0.15, 0.2) is 0 Å². The highest BCUT2D eigenvalue weighted by atomic mass is 35.5. The van der Waals surface area contributed by atoms with Gasteiger partial charge in [-0.25, -0.2) is 4.39 Å². The molecule has 7 heteroatoms. The molecule has 5 nitrogen and oxygen atoms in total. The monoisotopic (exact) mass is 301 g/mol. The van der Waals surface area contributed by atoms with Gasteiger partial charge in [-0.1, -0.05) is 11.6 Å². The molecule has 0 aliphatic heterocycles. The molecule has 0 unspecified atom stereocenters. The van der Waals surface area contributed by atoms with Crippen molar-refractivity contribution in [3.8, 4) is 0 Å². The van der Waals surface area contributed by atoms with Gasteiger partial charge in [-0.2, -0.15) is 0 Å². The van der Waals surface area contributed by atoms with Crippen LogP contribution in [0.1, 0.15) is 19.3 Å². The first-order chi connectivity index (χ1) is 9.35. The van der Waals surface area contributed by atoms with Crippen molar-refractivity contribution in [3.63, 3.8) is 0 Å². The second-order valence-corrected chi connectivity index (χ2v) is 5.77. The van der Waals surface area contributed by atoms with Gasteiger partial charge in [-0.05, 0) is 39.4 Å². The molecular weight excluding hydrogens is 285 g/mol. The Hall–Kier alpha value is -1.40. The minimum Gasteiger partial charge on any atom is -0.378 e. The second-order valence-electron chi connectivity index (χ2n) is 5.37. The van der Waals surface area contributed by atoms with Crippen molar-refractivity contribution >= 4 is 23.0 Å². The van der Waals surface area contributed by atoms with Crippen LogP contribution >= 0.6 is 11.6 Å². The van der Waals surface area contributed by atoms with E-state index in [-0.39, 0.29) is 21.9 Å². The summed E-state index contributed by atoms with van der Waals surface area (Å²) in [5.74, 6) is -0.783. The third kappa shape index (κ3) is 2.71. The van der Waals surface area contributed by atoms with E-state index in [9.17, 15) is 14.5 Å². The summed E-state index contributed by atoms with van der Waals surface area (Å²) in [4.78, 5) is 12.5. The van der Waals surface area contributed by atoms with Crippen LogP contribution in [0.3, 0.4) is 0 Å². The van der Waals surface area contributed by atoms with Gasteiger partial charge < -0.3 is 10.2 Å². The molecule has 0 saturated heterocycles. The maximum atomic E-state index is 13.3. The fraction of sp³-hybridized carbons (Fsp3) is 0.538. The van der Waals surface area contributed by atoms with E-state index in [4.69, 9.17) is 11.6 Å². The summed E-state index contributed by atoms with van der Waals surface area (Å²) in [6.45, 7) is 0.572. The summed E-state index contributed by atoms with van der Waals surface area (Å²) in [5.41, 5.74) is -0.0241. The van der Waals surface area contributed by atoms with E-state index in [1.807, 2.05) is 14.1 Å². The molecule has 0 amide bonds. The van der Waals surface area contributed by atoms with Crippen molar-refractivity contribution < 1.29 is 9.31 Å². The molecule has 1 aromatic carbocycles. The van der Waals surface area contributed by atoms with Crippen molar-refractivity contribution in [1.29, 1.82) is 0 Å². The average molecular weight is 302 g/mol. The molecule has 0 radical (unpaired) electrons. The Kier molecular flexibility index (Phi) is 4.15. The van der Waals surface area contributed by atoms with Crippen LogP contribution in [0.2, 0.25) is 5.02 Å². The zero-order valence-electron chi connectivity index (χ0n) is 11.4. The van der Waals surface area contributed by atoms with Crippen LogP contribution in [-0.2, 0) is 0 Å². The third-order valence-corrected chi connectivity index (χ3v) is 4.37. The Bertz CT molecular complexity index is 533. The molecule has 110 valence electrons. The summed E-state index contributed by atoms with van der Waals surface area (Å²) in [5, 5.41) is 13.9. The zero-order valence-corrected chi connectivity index (χ0v) is 12.2. The standard InChI is InChI=1S/C13H17ClFN3O2/c1-17(2)13(4-3-5-13)8-16-11-6-9(14)10(15)7-12(11)18(19)20/h6-7,16H,3-5,8H2,1-2H3. The lowest BCUT2D eigenvalue weighted by Gasteiger charge is -2.47. The SMILES string of the molecule is CN(C)C1(CNc2cc(Cl)c(F)cc2[N+](=O)[O-])CCC1. The van der Waals surface area contributed by atoms with E-state index < -0.39 is 10.7 Å². The summed E-state index contributed by atoms with van der Waals surface area (Å²) in [6, 6.07) is 2.13. The maximum Gasteiger partial charge on any atom is 0.295 e. The number of benzene rings is 1. The lowest BCUT2D eigenvalue weighted by Crippen LogP contribution is -2.54. The van der Waals surface area contributed by atoms with Crippen LogP contribution in [0.15, 0.2) is 12.1 Å². The lowest BCUT2D eigenvalue weighted by molar-refractivity contribution is -0.384. The number of rotatable bonds is 5. The van der Waals surface area contributed by atoms with Gasteiger partial charge in [0.2, 0.25) is 0 Å². The van der Waals surface area contributed by atoms with Crippen LogP contribution in [0.5, 0.6) is 0 Å². The summed E-state index contributed by atoms with van der Waals surface area (Å²) in [7, 11) is 3.99. The van der Waals surface area contributed by atoms with E-state index in [0.717, 1.165) is 25.3 Å². The molecular formula is C13H17ClFN3O2. The van der Waals surface area contributed by atoms with Crippen LogP contribution in [0.25, 0.3) is 0 Å². The molecule has 0 aromatic heterocycles. The fourth-order valence-electron chi connectivity index (χ4n) is 2.46. The zero-order chi connectivity index (χ0) is 14.9. The Balaban J connectivity index is 2.21. The van der Waals surface area contributed by atoms with Gasteiger partial charge in [-0.3, -0.25) is 10.1 Å². The first kappa shape index (κ1) is 15.0. The Morgan fingerprint density at radius 1 is 1.50 bits per heavy atom. The van der Waals surface area contributed by atoms with E-state index >= 15 is 0 Å². The third-order valence-electron chi connectivity index (χ3n) is 4.08. The van der Waals surface area contributed by atoms with Crippen LogP contribution in [0.4, 0.5) is 15.8 Å². The number of hydrogen-bond acceptors (Lipinski definition) is 4. The fourth-order valence-corrected chi connectivity index (χ4v) is 2.62. The quantitative estimate of drug-likeness (QED) is 0.670. The highest BCUT2D eigenvalue weighted by Gasteiger charge is 2.39. The molecule has 0 spiro atoms. The average Bonchev–Trinajstić information content (AvgIpc) is 2.30. The van der Waals surface area contributed by atoms with Gasteiger partial charge in [0.1, 0.15) is 11.5 Å². The summed E-state index contributed by atoms with van der Waals surface area (Å²) >= 11 is 5.70. The summed E-state index contributed by atoms with van der Waals surface area (Å²) < 4.78 is 13.3. The summed E-state index contributed by atoms with van der Waals surface area (Å²) in [6.07, 6.45) is 3.22. The molecule has 0 bridgehead atoms. The van der Waals surface area contributed by atoms with E-state index in [1.54, 1.807) is 0 Å². The Labute approximate surface area is 121 Å². The molecule has 1 saturated carbocycles. The molecule has 20 heavy (non-hydrogen) atoms. The molecule has 1 aliphatic rings. The number of anilines is 1. The van der Waals surface area contributed by atoms with Crippen LogP contribution < -0.4 is 5.32 Å². The predicted molar refractivity (Wildman–Crippen MR) is 76.8 cm³/mol. The van der Waals surface area contributed by atoms with Crippen molar-refractivity contribution in [3.05, 3.63) is 33.1 Å². The molecule has 0 atom stereocenters. The normalized spacial score (nSPS) is 16.9. The number of nitrogens with zero attached hydrogens (tertiary/aromatic N) is 2. The van der Waals surface area contributed by atoms with Gasteiger partial charge in [0.05, 0.1) is 16.0 Å². The number of nitro groups is 1. The van der Waals surface area contributed by atoms with E-state index in [1.165, 1.54) is 6.07 Å². The Morgan fingerprint density at radius 2 is 2.15 bits per heavy atom. The van der Waals surface area contributed by atoms with Gasteiger partial charge >= 0.3 is 0 Å². The van der Waals surface area contributed by atoms with Crippen molar-refractivity contribution in [2.75, 3.05) is 26.0 Å². The maximum absolute atomic E-state index is 13.3. The predicted octanol–water partition coefficient (Wildman–Crippen LogP) is 3.28. The number of hydrogen-bond donors (Lipinski definition) is 1. The molecule has 1 aromatic rings. The first-order valence-electron chi connectivity index (χ1n) is 6.40. The van der Waals surface area contributed by atoms with Gasteiger partial charge in [-0.15, -0.1) is 0 Å². The van der Waals surface area contributed by atoms with E-state index in [0.29, 0.717) is 6.54 Å². The van der Waals surface area contributed by atoms with Crippen LogP contribution in [0, 0.1) is 15.9 Å². The highest BCUT2D eigenvalue weighted by molar-refractivity contribution is 6.31. The van der Waals surface area contributed by atoms with Crippen LogP contribution in [-0.4, -0.2) is 36.0 Å². The van der Waals surface area contributed by atoms with E-state index in [2.05, 4.69) is 10.2 Å². The topological polar surface area (TPSA) is 58.4 Å².